The highest BCUT2D eigenvalue weighted by Gasteiger charge is 2.27. The lowest BCUT2D eigenvalue weighted by molar-refractivity contribution is -0.130. The Morgan fingerprint density at radius 1 is 1.04 bits per heavy atom. The molecule has 0 fully saturated rings. The van der Waals surface area contributed by atoms with Crippen LogP contribution in [0.3, 0.4) is 0 Å². The lowest BCUT2D eigenvalue weighted by Gasteiger charge is -2.24. The third-order valence-electron chi connectivity index (χ3n) is 3.59. The molecule has 7 nitrogen and oxygen atoms in total. The number of nitrogens with zero attached hydrogens (tertiary/aromatic N) is 1. The van der Waals surface area contributed by atoms with Gasteiger partial charge >= 0.3 is 0 Å². The number of ether oxygens (including phenoxy) is 4. The predicted octanol–water partition coefficient (Wildman–Crippen LogP) is 1.71. The Morgan fingerprint density at radius 2 is 1.83 bits per heavy atom. The summed E-state index contributed by atoms with van der Waals surface area (Å²) < 4.78 is 21.6. The van der Waals surface area contributed by atoms with Gasteiger partial charge in [-0.25, -0.2) is 5.43 Å². The molecule has 2 heterocycles. The molecule has 0 saturated heterocycles. The first-order valence-corrected chi connectivity index (χ1v) is 7.41. The minimum Gasteiger partial charge on any atom is -0.485 e. The van der Waals surface area contributed by atoms with Crippen molar-refractivity contribution in [2.75, 3.05) is 13.4 Å². The zero-order chi connectivity index (χ0) is 16.4. The van der Waals surface area contributed by atoms with Gasteiger partial charge < -0.3 is 18.9 Å². The Labute approximate surface area is 137 Å². The maximum atomic E-state index is 12.1. The molecule has 0 aliphatic carbocycles. The van der Waals surface area contributed by atoms with Crippen molar-refractivity contribution in [3.63, 3.8) is 0 Å². The molecule has 4 rings (SSSR count). The summed E-state index contributed by atoms with van der Waals surface area (Å²) in [5, 5.41) is 3.94. The standard InChI is InChI=1S/C17H14N2O5/c20-17(16-9-21-12-3-1-2-4-14(12)24-16)19-18-8-11-5-6-13-15(7-11)23-10-22-13/h1-8,16H,9-10H2,(H,19,20)/b18-8+/t16-/m0/s1. The van der Waals surface area contributed by atoms with Crippen molar-refractivity contribution >= 4 is 12.1 Å². The highest BCUT2D eigenvalue weighted by molar-refractivity contribution is 5.85. The van der Waals surface area contributed by atoms with Crippen molar-refractivity contribution in [3.05, 3.63) is 48.0 Å². The van der Waals surface area contributed by atoms with E-state index in [1.807, 2.05) is 18.2 Å². The molecule has 1 atom stereocenters. The van der Waals surface area contributed by atoms with Gasteiger partial charge in [0.1, 0.15) is 6.61 Å². The van der Waals surface area contributed by atoms with Crippen LogP contribution in [-0.2, 0) is 4.79 Å². The number of rotatable bonds is 3. The van der Waals surface area contributed by atoms with Crippen LogP contribution < -0.4 is 24.4 Å². The first kappa shape index (κ1) is 14.4. The van der Waals surface area contributed by atoms with E-state index in [1.54, 1.807) is 24.3 Å². The summed E-state index contributed by atoms with van der Waals surface area (Å²) >= 11 is 0. The number of benzene rings is 2. The second-order valence-corrected chi connectivity index (χ2v) is 5.21. The summed E-state index contributed by atoms with van der Waals surface area (Å²) in [7, 11) is 0. The van der Waals surface area contributed by atoms with Crippen LogP contribution >= 0.6 is 0 Å². The Bertz CT molecular complexity index is 805. The largest absolute Gasteiger partial charge is 0.485 e. The van der Waals surface area contributed by atoms with Gasteiger partial charge in [0.2, 0.25) is 12.9 Å². The average Bonchev–Trinajstić information content (AvgIpc) is 3.09. The Morgan fingerprint density at radius 3 is 2.75 bits per heavy atom. The zero-order valence-corrected chi connectivity index (χ0v) is 12.6. The molecule has 2 aliphatic heterocycles. The van der Waals surface area contributed by atoms with Gasteiger partial charge in [0.15, 0.2) is 23.0 Å². The number of nitrogens with one attached hydrogen (secondary N) is 1. The molecule has 0 radical (unpaired) electrons. The van der Waals surface area contributed by atoms with E-state index in [9.17, 15) is 4.79 Å². The van der Waals surface area contributed by atoms with Gasteiger partial charge in [0.25, 0.3) is 5.91 Å². The molecule has 2 aromatic rings. The van der Waals surface area contributed by atoms with E-state index in [2.05, 4.69) is 10.5 Å². The van der Waals surface area contributed by atoms with E-state index in [0.717, 1.165) is 5.56 Å². The van der Waals surface area contributed by atoms with Crippen molar-refractivity contribution in [2.24, 2.45) is 5.10 Å². The number of hydrogen-bond acceptors (Lipinski definition) is 6. The normalized spacial score (nSPS) is 17.8. The fourth-order valence-electron chi connectivity index (χ4n) is 2.38. The molecule has 0 spiro atoms. The molecular formula is C17H14N2O5. The third kappa shape index (κ3) is 2.83. The minimum absolute atomic E-state index is 0.141. The topological polar surface area (TPSA) is 78.4 Å². The highest BCUT2D eigenvalue weighted by atomic mass is 16.7. The molecule has 2 aromatic carbocycles. The summed E-state index contributed by atoms with van der Waals surface area (Å²) in [6.45, 7) is 0.357. The number of hydrazone groups is 1. The van der Waals surface area contributed by atoms with E-state index in [1.165, 1.54) is 6.21 Å². The van der Waals surface area contributed by atoms with Crippen LogP contribution in [0.1, 0.15) is 5.56 Å². The summed E-state index contributed by atoms with van der Waals surface area (Å²) in [5.74, 6) is 2.16. The van der Waals surface area contributed by atoms with Gasteiger partial charge in [-0.3, -0.25) is 4.79 Å². The van der Waals surface area contributed by atoms with E-state index in [0.29, 0.717) is 23.0 Å². The first-order chi connectivity index (χ1) is 11.8. The zero-order valence-electron chi connectivity index (χ0n) is 12.6. The summed E-state index contributed by atoms with van der Waals surface area (Å²) in [6.07, 6.45) is 0.783. The number of amides is 1. The SMILES string of the molecule is O=C(N/N=C/c1ccc2c(c1)OCO2)[C@@H]1COc2ccccc2O1. The lowest BCUT2D eigenvalue weighted by atomic mass is 10.2. The van der Waals surface area contributed by atoms with Crippen LogP contribution in [0.2, 0.25) is 0 Å². The van der Waals surface area contributed by atoms with Crippen LogP contribution in [0.25, 0.3) is 0 Å². The minimum atomic E-state index is -0.742. The molecule has 24 heavy (non-hydrogen) atoms. The van der Waals surface area contributed by atoms with Crippen LogP contribution in [0, 0.1) is 0 Å². The van der Waals surface area contributed by atoms with E-state index < -0.39 is 6.10 Å². The number of hydrogen-bond donors (Lipinski definition) is 1. The van der Waals surface area contributed by atoms with Crippen molar-refractivity contribution in [3.8, 4) is 23.0 Å². The maximum Gasteiger partial charge on any atom is 0.284 e. The van der Waals surface area contributed by atoms with E-state index in [4.69, 9.17) is 18.9 Å². The van der Waals surface area contributed by atoms with E-state index >= 15 is 0 Å². The smallest absolute Gasteiger partial charge is 0.284 e. The van der Waals surface area contributed by atoms with Gasteiger partial charge in [-0.1, -0.05) is 12.1 Å². The number of fused-ring (bicyclic) bond motifs is 2. The van der Waals surface area contributed by atoms with Gasteiger partial charge in [0.05, 0.1) is 6.21 Å². The summed E-state index contributed by atoms with van der Waals surface area (Å²) in [6, 6.07) is 12.6. The Kier molecular flexibility index (Phi) is 3.66. The van der Waals surface area contributed by atoms with Crippen molar-refractivity contribution in [2.45, 2.75) is 6.10 Å². The molecular weight excluding hydrogens is 312 g/mol. The van der Waals surface area contributed by atoms with Crippen LogP contribution in [0.4, 0.5) is 0 Å². The summed E-state index contributed by atoms with van der Waals surface area (Å²) in [5.41, 5.74) is 3.24. The van der Waals surface area contributed by atoms with Crippen LogP contribution in [-0.4, -0.2) is 31.6 Å². The fraction of sp³-hybridized carbons (Fsp3) is 0.176. The van der Waals surface area contributed by atoms with Crippen molar-refractivity contribution in [1.29, 1.82) is 0 Å². The lowest BCUT2D eigenvalue weighted by Crippen LogP contribution is -2.42. The Hall–Kier alpha value is -3.22. The molecule has 0 saturated carbocycles. The van der Waals surface area contributed by atoms with Crippen LogP contribution in [0.15, 0.2) is 47.6 Å². The van der Waals surface area contributed by atoms with Crippen molar-refractivity contribution < 1.29 is 23.7 Å². The number of carbonyl (C=O) groups excluding carboxylic acids is 1. The molecule has 2 aliphatic rings. The monoisotopic (exact) mass is 326 g/mol. The average molecular weight is 326 g/mol. The van der Waals surface area contributed by atoms with Crippen LogP contribution in [0.5, 0.6) is 23.0 Å². The third-order valence-corrected chi connectivity index (χ3v) is 3.59. The van der Waals surface area contributed by atoms with Crippen molar-refractivity contribution in [1.82, 2.24) is 5.43 Å². The van der Waals surface area contributed by atoms with Gasteiger partial charge in [-0.05, 0) is 35.9 Å². The molecule has 7 heteroatoms. The summed E-state index contributed by atoms with van der Waals surface area (Å²) in [4.78, 5) is 12.1. The van der Waals surface area contributed by atoms with Gasteiger partial charge in [-0.15, -0.1) is 0 Å². The first-order valence-electron chi connectivity index (χ1n) is 7.41. The predicted molar refractivity (Wildman–Crippen MR) is 84.7 cm³/mol. The molecule has 1 N–H and O–H groups in total. The maximum absolute atomic E-state index is 12.1. The molecule has 122 valence electrons. The second-order valence-electron chi connectivity index (χ2n) is 5.21. The van der Waals surface area contributed by atoms with Gasteiger partial charge in [0, 0.05) is 0 Å². The molecule has 0 unspecified atom stereocenters. The second kappa shape index (κ2) is 6.11. The number of carbonyl (C=O) groups is 1. The van der Waals surface area contributed by atoms with Gasteiger partial charge in [-0.2, -0.15) is 5.10 Å². The number of para-hydroxylation sites is 2. The van der Waals surface area contributed by atoms with E-state index in [-0.39, 0.29) is 19.3 Å². The molecule has 1 amide bonds. The Balaban J connectivity index is 1.37. The quantitative estimate of drug-likeness (QED) is 0.686. The fourth-order valence-corrected chi connectivity index (χ4v) is 2.38. The molecule has 0 bridgehead atoms. The highest BCUT2D eigenvalue weighted by Crippen LogP contribution is 2.32. The molecule has 0 aromatic heterocycles.